The molecule has 1 aliphatic rings. The normalized spacial score (nSPS) is 20.3. The molecule has 0 N–H and O–H groups in total. The van der Waals surface area contributed by atoms with Crippen molar-refractivity contribution in [2.24, 2.45) is 5.92 Å². The van der Waals surface area contributed by atoms with Crippen LogP contribution in [0.3, 0.4) is 0 Å². The fourth-order valence-electron chi connectivity index (χ4n) is 2.01. The van der Waals surface area contributed by atoms with Crippen molar-refractivity contribution in [3.05, 3.63) is 28.8 Å². The van der Waals surface area contributed by atoms with Crippen LogP contribution in [0.25, 0.3) is 0 Å². The first-order valence-corrected chi connectivity index (χ1v) is 5.53. The Labute approximate surface area is 95.1 Å². The van der Waals surface area contributed by atoms with Crippen molar-refractivity contribution in [1.82, 2.24) is 0 Å². The van der Waals surface area contributed by atoms with E-state index in [1.165, 1.54) is 6.42 Å². The molecule has 1 unspecified atom stereocenters. The van der Waals surface area contributed by atoms with E-state index >= 15 is 0 Å². The van der Waals surface area contributed by atoms with E-state index in [2.05, 4.69) is 17.9 Å². The molecule has 1 heterocycles. The summed E-state index contributed by atoms with van der Waals surface area (Å²) in [4.78, 5) is 2.25. The average Bonchev–Trinajstić information content (AvgIpc) is 2.65. The number of halogens is 1. The van der Waals surface area contributed by atoms with Gasteiger partial charge in [0.1, 0.15) is 6.07 Å². The first-order chi connectivity index (χ1) is 7.20. The molecule has 1 fully saturated rings. The molecule has 0 amide bonds. The maximum Gasteiger partial charge on any atom is 0.101 e. The molecule has 3 heteroatoms. The maximum absolute atomic E-state index is 9.02. The van der Waals surface area contributed by atoms with Crippen LogP contribution in [-0.2, 0) is 0 Å². The predicted octanol–water partition coefficient (Wildman–Crippen LogP) is 3.06. The lowest BCUT2D eigenvalue weighted by Gasteiger charge is -2.19. The molecule has 0 radical (unpaired) electrons. The quantitative estimate of drug-likeness (QED) is 0.728. The molecule has 78 valence electrons. The highest BCUT2D eigenvalue weighted by atomic mass is 35.5. The summed E-state index contributed by atoms with van der Waals surface area (Å²) in [5.41, 5.74) is 1.70. The third-order valence-corrected chi connectivity index (χ3v) is 3.08. The number of hydrogen-bond acceptors (Lipinski definition) is 2. The lowest BCUT2D eigenvalue weighted by Crippen LogP contribution is -2.20. The second-order valence-corrected chi connectivity index (χ2v) is 4.55. The van der Waals surface area contributed by atoms with Crippen LogP contribution in [0.2, 0.25) is 5.02 Å². The van der Waals surface area contributed by atoms with E-state index < -0.39 is 0 Å². The van der Waals surface area contributed by atoms with Crippen molar-refractivity contribution in [1.29, 1.82) is 5.26 Å². The molecule has 0 aliphatic carbocycles. The molecule has 0 spiro atoms. The largest absolute Gasteiger partial charge is 0.370 e. The minimum absolute atomic E-state index is 0.698. The zero-order valence-corrected chi connectivity index (χ0v) is 9.46. The van der Waals surface area contributed by atoms with E-state index in [-0.39, 0.29) is 0 Å². The average molecular weight is 221 g/mol. The van der Waals surface area contributed by atoms with E-state index in [1.807, 2.05) is 6.07 Å². The van der Waals surface area contributed by atoms with Crippen molar-refractivity contribution in [2.45, 2.75) is 13.3 Å². The van der Waals surface area contributed by atoms with Crippen LogP contribution in [0.4, 0.5) is 5.69 Å². The first kappa shape index (κ1) is 10.3. The summed E-state index contributed by atoms with van der Waals surface area (Å²) in [6.45, 7) is 4.28. The zero-order chi connectivity index (χ0) is 10.8. The van der Waals surface area contributed by atoms with Gasteiger partial charge < -0.3 is 4.90 Å². The highest BCUT2D eigenvalue weighted by Gasteiger charge is 2.21. The van der Waals surface area contributed by atoms with E-state index in [0.29, 0.717) is 16.5 Å². The van der Waals surface area contributed by atoms with Crippen LogP contribution in [0.1, 0.15) is 18.9 Å². The molecule has 0 saturated carbocycles. The number of benzene rings is 1. The molecule has 2 rings (SSSR count). The molecule has 1 atom stereocenters. The molecule has 1 aliphatic heterocycles. The molecule has 1 saturated heterocycles. The van der Waals surface area contributed by atoms with Gasteiger partial charge in [0.25, 0.3) is 0 Å². The Bertz CT molecular complexity index is 409. The van der Waals surface area contributed by atoms with Crippen LogP contribution >= 0.6 is 11.6 Å². The van der Waals surface area contributed by atoms with E-state index in [9.17, 15) is 0 Å². The third kappa shape index (κ3) is 2.08. The SMILES string of the molecule is CC1CCN(c2cc(Cl)ccc2C#N)C1. The number of nitrogens with zero attached hydrogens (tertiary/aromatic N) is 2. The summed E-state index contributed by atoms with van der Waals surface area (Å²) in [6.07, 6.45) is 1.19. The summed E-state index contributed by atoms with van der Waals surface area (Å²) in [5, 5.41) is 9.71. The Kier molecular flexibility index (Phi) is 2.83. The summed E-state index contributed by atoms with van der Waals surface area (Å²) < 4.78 is 0. The molecular formula is C12H13ClN2. The highest BCUT2D eigenvalue weighted by Crippen LogP contribution is 2.29. The van der Waals surface area contributed by atoms with Crippen molar-refractivity contribution in [2.75, 3.05) is 18.0 Å². The van der Waals surface area contributed by atoms with Gasteiger partial charge in [0, 0.05) is 18.1 Å². The first-order valence-electron chi connectivity index (χ1n) is 5.15. The maximum atomic E-state index is 9.02. The number of anilines is 1. The van der Waals surface area contributed by atoms with Crippen LogP contribution in [0, 0.1) is 17.2 Å². The van der Waals surface area contributed by atoms with Crippen molar-refractivity contribution >= 4 is 17.3 Å². The Balaban J connectivity index is 2.34. The van der Waals surface area contributed by atoms with Gasteiger partial charge in [0.15, 0.2) is 0 Å². The van der Waals surface area contributed by atoms with Crippen molar-refractivity contribution < 1.29 is 0 Å². The topological polar surface area (TPSA) is 27.0 Å². The summed E-state index contributed by atoms with van der Waals surface area (Å²) in [7, 11) is 0. The number of hydrogen-bond donors (Lipinski definition) is 0. The second-order valence-electron chi connectivity index (χ2n) is 4.11. The summed E-state index contributed by atoms with van der Waals surface area (Å²) >= 11 is 5.95. The van der Waals surface area contributed by atoms with Gasteiger partial charge in [-0.05, 0) is 30.5 Å². The van der Waals surface area contributed by atoms with E-state index in [0.717, 1.165) is 18.8 Å². The molecule has 0 aromatic heterocycles. The monoisotopic (exact) mass is 220 g/mol. The van der Waals surface area contributed by atoms with E-state index in [4.69, 9.17) is 16.9 Å². The van der Waals surface area contributed by atoms with Crippen LogP contribution in [0.5, 0.6) is 0 Å². The molecule has 15 heavy (non-hydrogen) atoms. The van der Waals surface area contributed by atoms with Gasteiger partial charge >= 0.3 is 0 Å². The van der Waals surface area contributed by atoms with E-state index in [1.54, 1.807) is 12.1 Å². The lowest BCUT2D eigenvalue weighted by atomic mass is 10.1. The number of rotatable bonds is 1. The van der Waals surface area contributed by atoms with Gasteiger partial charge in [-0.1, -0.05) is 18.5 Å². The van der Waals surface area contributed by atoms with Gasteiger partial charge in [-0.2, -0.15) is 5.26 Å². The fraction of sp³-hybridized carbons (Fsp3) is 0.417. The molecule has 1 aromatic rings. The molecule has 2 nitrogen and oxygen atoms in total. The number of nitriles is 1. The Morgan fingerprint density at radius 1 is 1.53 bits per heavy atom. The fourth-order valence-corrected chi connectivity index (χ4v) is 2.18. The van der Waals surface area contributed by atoms with Crippen LogP contribution in [-0.4, -0.2) is 13.1 Å². The van der Waals surface area contributed by atoms with Gasteiger partial charge in [-0.3, -0.25) is 0 Å². The van der Waals surface area contributed by atoms with Crippen molar-refractivity contribution in [3.8, 4) is 6.07 Å². The minimum atomic E-state index is 0.698. The summed E-state index contributed by atoms with van der Waals surface area (Å²) in [5.74, 6) is 0.704. The Morgan fingerprint density at radius 3 is 2.93 bits per heavy atom. The van der Waals surface area contributed by atoms with Crippen LogP contribution in [0.15, 0.2) is 18.2 Å². The van der Waals surface area contributed by atoms with Gasteiger partial charge in [-0.15, -0.1) is 0 Å². The minimum Gasteiger partial charge on any atom is -0.370 e. The summed E-state index contributed by atoms with van der Waals surface area (Å²) in [6, 6.07) is 7.66. The van der Waals surface area contributed by atoms with Crippen molar-refractivity contribution in [3.63, 3.8) is 0 Å². The van der Waals surface area contributed by atoms with Gasteiger partial charge in [-0.25, -0.2) is 0 Å². The second kappa shape index (κ2) is 4.12. The molecule has 1 aromatic carbocycles. The molecule has 0 bridgehead atoms. The van der Waals surface area contributed by atoms with Crippen LogP contribution < -0.4 is 4.90 Å². The highest BCUT2D eigenvalue weighted by molar-refractivity contribution is 6.30. The molecular weight excluding hydrogens is 208 g/mol. The predicted molar refractivity (Wildman–Crippen MR) is 62.2 cm³/mol. The smallest absolute Gasteiger partial charge is 0.101 e. The zero-order valence-electron chi connectivity index (χ0n) is 8.70. The lowest BCUT2D eigenvalue weighted by molar-refractivity contribution is 0.659. The Morgan fingerprint density at radius 2 is 2.33 bits per heavy atom. The Hall–Kier alpha value is -1.20. The van der Waals surface area contributed by atoms with Gasteiger partial charge in [0.2, 0.25) is 0 Å². The third-order valence-electron chi connectivity index (χ3n) is 2.84. The standard InChI is InChI=1S/C12H13ClN2/c1-9-4-5-15(8-9)12-6-11(13)3-2-10(12)7-14/h2-3,6,9H,4-5,8H2,1H3. The van der Waals surface area contributed by atoms with Gasteiger partial charge in [0.05, 0.1) is 11.3 Å².